The molecular weight excluding hydrogens is 235 g/mol. The molecule has 0 radical (unpaired) electrons. The number of anilines is 1. The van der Waals surface area contributed by atoms with Gasteiger partial charge in [0.25, 0.3) is 5.91 Å². The van der Waals surface area contributed by atoms with E-state index in [2.05, 4.69) is 14.7 Å². The lowest BCUT2D eigenvalue weighted by Crippen LogP contribution is -2.12. The van der Waals surface area contributed by atoms with Crippen molar-refractivity contribution >= 4 is 23.2 Å². The van der Waals surface area contributed by atoms with Gasteiger partial charge >= 0.3 is 0 Å². The smallest absolute Gasteiger partial charge is 0.277 e. The number of rotatable bonds is 2. The first-order valence-electron chi connectivity index (χ1n) is 4.31. The molecule has 2 rings (SSSR count). The summed E-state index contributed by atoms with van der Waals surface area (Å²) in [5, 5.41) is 2.44. The summed E-state index contributed by atoms with van der Waals surface area (Å²) in [6.45, 7) is 0. The topological polar surface area (TPSA) is 55.1 Å². The molecule has 0 saturated carbocycles. The van der Waals surface area contributed by atoms with E-state index in [1.165, 1.54) is 24.5 Å². The Balaban J connectivity index is 2.15. The van der Waals surface area contributed by atoms with E-state index in [9.17, 15) is 9.18 Å². The second-order valence-electron chi connectivity index (χ2n) is 2.96. The first-order valence-corrected chi connectivity index (χ1v) is 4.69. The van der Waals surface area contributed by atoms with Gasteiger partial charge in [-0.3, -0.25) is 4.79 Å². The molecule has 82 valence electrons. The molecule has 6 heteroatoms. The van der Waals surface area contributed by atoms with Crippen LogP contribution in [0.4, 0.5) is 10.1 Å². The standard InChI is InChI=1S/C10H6ClFN2O2/c11-7-3-6(1-2-8(7)12)14-10(15)9-4-16-5-13-9/h1-5H,(H,14,15). The van der Waals surface area contributed by atoms with Crippen LogP contribution in [0.5, 0.6) is 0 Å². The molecule has 0 saturated heterocycles. The number of oxazole rings is 1. The number of halogens is 2. The van der Waals surface area contributed by atoms with Gasteiger partial charge < -0.3 is 9.73 Å². The average Bonchev–Trinajstić information content (AvgIpc) is 2.77. The van der Waals surface area contributed by atoms with Crippen molar-refractivity contribution in [3.8, 4) is 0 Å². The van der Waals surface area contributed by atoms with E-state index in [0.717, 1.165) is 6.39 Å². The normalized spacial score (nSPS) is 10.1. The Bertz CT molecular complexity index is 514. The molecule has 16 heavy (non-hydrogen) atoms. The van der Waals surface area contributed by atoms with E-state index < -0.39 is 11.7 Å². The Labute approximate surface area is 95.0 Å². The summed E-state index contributed by atoms with van der Waals surface area (Å²) in [5.41, 5.74) is 0.528. The van der Waals surface area contributed by atoms with Crippen molar-refractivity contribution in [3.63, 3.8) is 0 Å². The molecule has 0 aliphatic heterocycles. The highest BCUT2D eigenvalue weighted by atomic mass is 35.5. The Morgan fingerprint density at radius 2 is 2.31 bits per heavy atom. The Morgan fingerprint density at radius 3 is 2.94 bits per heavy atom. The zero-order chi connectivity index (χ0) is 11.5. The zero-order valence-corrected chi connectivity index (χ0v) is 8.66. The summed E-state index contributed by atoms with van der Waals surface area (Å²) in [6, 6.07) is 3.88. The number of carbonyl (C=O) groups excluding carboxylic acids is 1. The first-order chi connectivity index (χ1) is 7.66. The highest BCUT2D eigenvalue weighted by molar-refractivity contribution is 6.31. The van der Waals surface area contributed by atoms with Crippen LogP contribution >= 0.6 is 11.6 Å². The Kier molecular flexibility index (Phi) is 2.87. The fourth-order valence-corrected chi connectivity index (χ4v) is 1.27. The molecule has 1 aromatic heterocycles. The van der Waals surface area contributed by atoms with Crippen LogP contribution in [0.2, 0.25) is 5.02 Å². The van der Waals surface area contributed by atoms with Crippen molar-refractivity contribution in [3.05, 3.63) is 47.4 Å². The van der Waals surface area contributed by atoms with Crippen LogP contribution in [0.3, 0.4) is 0 Å². The van der Waals surface area contributed by atoms with Crippen LogP contribution < -0.4 is 5.32 Å². The van der Waals surface area contributed by atoms with Gasteiger partial charge in [0.05, 0.1) is 5.02 Å². The van der Waals surface area contributed by atoms with Crippen molar-refractivity contribution in [1.82, 2.24) is 4.98 Å². The predicted molar refractivity (Wildman–Crippen MR) is 55.9 cm³/mol. The summed E-state index contributed by atoms with van der Waals surface area (Å²) in [7, 11) is 0. The summed E-state index contributed by atoms with van der Waals surface area (Å²) in [4.78, 5) is 15.2. The van der Waals surface area contributed by atoms with Crippen LogP contribution in [-0.4, -0.2) is 10.9 Å². The summed E-state index contributed by atoms with van der Waals surface area (Å²) >= 11 is 5.56. The molecule has 0 unspecified atom stereocenters. The third-order valence-electron chi connectivity index (χ3n) is 1.84. The second-order valence-corrected chi connectivity index (χ2v) is 3.36. The molecule has 0 spiro atoms. The maximum absolute atomic E-state index is 12.8. The van der Waals surface area contributed by atoms with Crippen LogP contribution in [0, 0.1) is 5.82 Å². The van der Waals surface area contributed by atoms with Crippen molar-refractivity contribution in [2.75, 3.05) is 5.32 Å². The number of benzene rings is 1. The van der Waals surface area contributed by atoms with Gasteiger partial charge in [0.1, 0.15) is 12.1 Å². The highest BCUT2D eigenvalue weighted by Crippen LogP contribution is 2.19. The molecule has 0 fully saturated rings. The second kappa shape index (κ2) is 4.32. The van der Waals surface area contributed by atoms with Crippen molar-refractivity contribution in [2.24, 2.45) is 0 Å². The van der Waals surface area contributed by atoms with Crippen LogP contribution in [0.1, 0.15) is 10.5 Å². The van der Waals surface area contributed by atoms with E-state index in [4.69, 9.17) is 11.6 Å². The fourth-order valence-electron chi connectivity index (χ4n) is 1.09. The van der Waals surface area contributed by atoms with Gasteiger partial charge in [0, 0.05) is 5.69 Å². The molecular formula is C10H6ClFN2O2. The predicted octanol–water partition coefficient (Wildman–Crippen LogP) is 2.72. The number of carbonyl (C=O) groups is 1. The maximum atomic E-state index is 12.8. The lowest BCUT2D eigenvalue weighted by atomic mass is 10.3. The molecule has 0 atom stereocenters. The van der Waals surface area contributed by atoms with Gasteiger partial charge in [-0.15, -0.1) is 0 Å². The van der Waals surface area contributed by atoms with Crippen molar-refractivity contribution in [1.29, 1.82) is 0 Å². The summed E-state index contributed by atoms with van der Waals surface area (Å²) in [5.74, 6) is -0.988. The molecule has 1 amide bonds. The SMILES string of the molecule is O=C(Nc1ccc(F)c(Cl)c1)c1cocn1. The Morgan fingerprint density at radius 1 is 1.50 bits per heavy atom. The van der Waals surface area contributed by atoms with Gasteiger partial charge in [-0.25, -0.2) is 9.37 Å². The van der Waals surface area contributed by atoms with Crippen molar-refractivity contribution in [2.45, 2.75) is 0 Å². The number of aromatic nitrogens is 1. The van der Waals surface area contributed by atoms with E-state index in [-0.39, 0.29) is 10.7 Å². The number of hydrogen-bond acceptors (Lipinski definition) is 3. The number of hydrogen-bond donors (Lipinski definition) is 1. The molecule has 4 nitrogen and oxygen atoms in total. The largest absolute Gasteiger partial charge is 0.451 e. The quantitative estimate of drug-likeness (QED) is 0.878. The van der Waals surface area contributed by atoms with Crippen LogP contribution in [0.15, 0.2) is 35.3 Å². The van der Waals surface area contributed by atoms with Crippen molar-refractivity contribution < 1.29 is 13.6 Å². The summed E-state index contributed by atoms with van der Waals surface area (Å²) in [6.07, 6.45) is 2.35. The van der Waals surface area contributed by atoms with Gasteiger partial charge in [0.15, 0.2) is 12.1 Å². The number of nitrogens with one attached hydrogen (secondary N) is 1. The van der Waals surface area contributed by atoms with Crippen LogP contribution in [-0.2, 0) is 0 Å². The monoisotopic (exact) mass is 240 g/mol. The minimum Gasteiger partial charge on any atom is -0.451 e. The molecule has 0 bridgehead atoms. The third kappa shape index (κ3) is 2.20. The summed E-state index contributed by atoms with van der Waals surface area (Å²) < 4.78 is 17.5. The Hall–Kier alpha value is -1.88. The van der Waals surface area contributed by atoms with Gasteiger partial charge in [-0.2, -0.15) is 0 Å². The highest BCUT2D eigenvalue weighted by Gasteiger charge is 2.09. The van der Waals surface area contributed by atoms with E-state index in [0.29, 0.717) is 5.69 Å². The molecule has 0 aliphatic rings. The molecule has 1 aromatic carbocycles. The minimum atomic E-state index is -0.541. The average molecular weight is 241 g/mol. The lowest BCUT2D eigenvalue weighted by molar-refractivity contribution is 0.102. The third-order valence-corrected chi connectivity index (χ3v) is 2.13. The van der Waals surface area contributed by atoms with Gasteiger partial charge in [0.2, 0.25) is 0 Å². The molecule has 0 aliphatic carbocycles. The lowest BCUT2D eigenvalue weighted by Gasteiger charge is -2.03. The molecule has 2 aromatic rings. The number of nitrogens with zero attached hydrogens (tertiary/aromatic N) is 1. The van der Waals surface area contributed by atoms with Gasteiger partial charge in [-0.05, 0) is 18.2 Å². The van der Waals surface area contributed by atoms with E-state index >= 15 is 0 Å². The van der Waals surface area contributed by atoms with Crippen LogP contribution in [0.25, 0.3) is 0 Å². The molecule has 1 N–H and O–H groups in total. The van der Waals surface area contributed by atoms with E-state index in [1.54, 1.807) is 0 Å². The number of amides is 1. The molecule has 1 heterocycles. The fraction of sp³-hybridized carbons (Fsp3) is 0. The van der Waals surface area contributed by atoms with Gasteiger partial charge in [-0.1, -0.05) is 11.6 Å². The minimum absolute atomic E-state index is 0.0575. The van der Waals surface area contributed by atoms with E-state index in [1.807, 2.05) is 0 Å². The zero-order valence-electron chi connectivity index (χ0n) is 7.91. The first kappa shape index (κ1) is 10.6. The maximum Gasteiger partial charge on any atom is 0.277 e.